The van der Waals surface area contributed by atoms with Gasteiger partial charge in [-0.3, -0.25) is 0 Å². The van der Waals surface area contributed by atoms with Crippen molar-refractivity contribution in [2.45, 2.75) is 58.0 Å². The van der Waals surface area contributed by atoms with Crippen molar-refractivity contribution in [2.24, 2.45) is 0 Å². The maximum absolute atomic E-state index is 11.9. The molecular formula is C14H27N3O. The lowest BCUT2D eigenvalue weighted by molar-refractivity contribution is 0.101. The molecule has 0 spiro atoms. The Labute approximate surface area is 111 Å². The molecule has 0 aromatic heterocycles. The second-order valence-corrected chi connectivity index (χ2v) is 5.92. The molecule has 0 saturated carbocycles. The van der Waals surface area contributed by atoms with Crippen LogP contribution in [-0.4, -0.2) is 54.1 Å². The number of likely N-dealkylation sites (tertiary alicyclic amines) is 2. The topological polar surface area (TPSA) is 35.6 Å². The molecule has 2 saturated heterocycles. The molecule has 0 atom stereocenters. The number of nitrogens with one attached hydrogen (secondary N) is 1. The summed E-state index contributed by atoms with van der Waals surface area (Å²) in [5.74, 6) is 0. The molecule has 0 radical (unpaired) electrons. The van der Waals surface area contributed by atoms with Crippen molar-refractivity contribution >= 4 is 6.03 Å². The van der Waals surface area contributed by atoms with Crippen LogP contribution in [0.5, 0.6) is 0 Å². The van der Waals surface area contributed by atoms with Crippen molar-refractivity contribution in [3.63, 3.8) is 0 Å². The fourth-order valence-corrected chi connectivity index (χ4v) is 3.06. The summed E-state index contributed by atoms with van der Waals surface area (Å²) < 4.78 is 0. The van der Waals surface area contributed by atoms with Gasteiger partial charge in [0.2, 0.25) is 0 Å². The highest BCUT2D eigenvalue weighted by Gasteiger charge is 2.27. The van der Waals surface area contributed by atoms with Gasteiger partial charge in [-0.1, -0.05) is 6.42 Å². The number of nitrogens with zero attached hydrogens (tertiary/aromatic N) is 2. The summed E-state index contributed by atoms with van der Waals surface area (Å²) in [5.41, 5.74) is 0. The highest BCUT2D eigenvalue weighted by Crippen LogP contribution is 2.20. The standard InChI is InChI=1S/C14H27N3O/c1-12(2)15-14(18)17-10-6-13(7-11-17)16-8-4-3-5-9-16/h12-13H,3-11H2,1-2H3,(H,15,18). The van der Waals surface area contributed by atoms with Crippen LogP contribution in [0.1, 0.15) is 46.0 Å². The van der Waals surface area contributed by atoms with E-state index in [9.17, 15) is 4.79 Å². The average Bonchev–Trinajstić information content (AvgIpc) is 2.39. The van der Waals surface area contributed by atoms with E-state index < -0.39 is 0 Å². The Bertz CT molecular complexity index is 266. The Hall–Kier alpha value is -0.770. The largest absolute Gasteiger partial charge is 0.336 e. The van der Waals surface area contributed by atoms with E-state index in [0.29, 0.717) is 6.04 Å². The van der Waals surface area contributed by atoms with Crippen LogP contribution in [-0.2, 0) is 0 Å². The van der Waals surface area contributed by atoms with Crippen LogP contribution in [0.4, 0.5) is 4.79 Å². The number of hydrogen-bond acceptors (Lipinski definition) is 2. The second-order valence-electron chi connectivity index (χ2n) is 5.92. The second kappa shape index (κ2) is 6.41. The number of carbonyl (C=O) groups excluding carboxylic acids is 1. The summed E-state index contributed by atoms with van der Waals surface area (Å²) in [7, 11) is 0. The molecule has 2 aliphatic heterocycles. The van der Waals surface area contributed by atoms with Crippen LogP contribution in [0.15, 0.2) is 0 Å². The fraction of sp³-hybridized carbons (Fsp3) is 0.929. The third kappa shape index (κ3) is 3.61. The van der Waals surface area contributed by atoms with Crippen molar-refractivity contribution in [3.05, 3.63) is 0 Å². The predicted molar refractivity (Wildman–Crippen MR) is 73.7 cm³/mol. The quantitative estimate of drug-likeness (QED) is 0.817. The van der Waals surface area contributed by atoms with E-state index in [2.05, 4.69) is 10.2 Å². The molecule has 18 heavy (non-hydrogen) atoms. The van der Waals surface area contributed by atoms with Gasteiger partial charge in [0.15, 0.2) is 0 Å². The summed E-state index contributed by atoms with van der Waals surface area (Å²) in [6.07, 6.45) is 6.39. The molecule has 2 aliphatic rings. The van der Waals surface area contributed by atoms with Gasteiger partial charge in [0, 0.05) is 25.2 Å². The van der Waals surface area contributed by atoms with Crippen molar-refractivity contribution in [1.82, 2.24) is 15.1 Å². The molecule has 2 amide bonds. The van der Waals surface area contributed by atoms with Crippen LogP contribution in [0.3, 0.4) is 0 Å². The molecule has 0 unspecified atom stereocenters. The highest BCUT2D eigenvalue weighted by molar-refractivity contribution is 5.74. The summed E-state index contributed by atoms with van der Waals surface area (Å²) in [6, 6.07) is 1.06. The molecule has 104 valence electrons. The zero-order valence-corrected chi connectivity index (χ0v) is 11.8. The Morgan fingerprint density at radius 1 is 1.06 bits per heavy atom. The molecule has 0 aromatic carbocycles. The minimum absolute atomic E-state index is 0.113. The van der Waals surface area contributed by atoms with Gasteiger partial charge in [-0.25, -0.2) is 4.79 Å². The van der Waals surface area contributed by atoms with E-state index in [-0.39, 0.29) is 12.1 Å². The highest BCUT2D eigenvalue weighted by atomic mass is 16.2. The van der Waals surface area contributed by atoms with E-state index in [0.717, 1.165) is 25.9 Å². The third-order valence-corrected chi connectivity index (χ3v) is 4.07. The Kier molecular flexibility index (Phi) is 4.87. The van der Waals surface area contributed by atoms with Crippen molar-refractivity contribution in [2.75, 3.05) is 26.2 Å². The Morgan fingerprint density at radius 3 is 2.22 bits per heavy atom. The lowest BCUT2D eigenvalue weighted by atomic mass is 10.00. The number of piperidine rings is 2. The molecule has 2 rings (SSSR count). The van der Waals surface area contributed by atoms with Gasteiger partial charge in [0.25, 0.3) is 0 Å². The number of hydrogen-bond donors (Lipinski definition) is 1. The molecule has 4 nitrogen and oxygen atoms in total. The van der Waals surface area contributed by atoms with Gasteiger partial charge in [-0.05, 0) is 52.6 Å². The number of urea groups is 1. The lowest BCUT2D eigenvalue weighted by Gasteiger charge is -2.40. The number of rotatable bonds is 2. The smallest absolute Gasteiger partial charge is 0.317 e. The minimum atomic E-state index is 0.113. The predicted octanol–water partition coefficient (Wildman–Crippen LogP) is 2.05. The lowest BCUT2D eigenvalue weighted by Crippen LogP contribution is -2.51. The van der Waals surface area contributed by atoms with Crippen LogP contribution in [0.25, 0.3) is 0 Å². The molecule has 2 heterocycles. The van der Waals surface area contributed by atoms with Gasteiger partial charge < -0.3 is 15.1 Å². The molecule has 1 N–H and O–H groups in total. The summed E-state index contributed by atoms with van der Waals surface area (Å²) in [4.78, 5) is 16.5. The van der Waals surface area contributed by atoms with Gasteiger partial charge in [0.05, 0.1) is 0 Å². The average molecular weight is 253 g/mol. The summed E-state index contributed by atoms with van der Waals surface area (Å²) >= 11 is 0. The van der Waals surface area contributed by atoms with Crippen LogP contribution in [0.2, 0.25) is 0 Å². The van der Waals surface area contributed by atoms with Crippen LogP contribution in [0, 0.1) is 0 Å². The summed E-state index contributed by atoms with van der Waals surface area (Å²) in [5, 5.41) is 2.98. The monoisotopic (exact) mass is 253 g/mol. The molecule has 2 fully saturated rings. The SMILES string of the molecule is CC(C)NC(=O)N1CCC(N2CCCCC2)CC1. The first-order chi connectivity index (χ1) is 8.66. The van der Waals surface area contributed by atoms with Gasteiger partial charge in [-0.15, -0.1) is 0 Å². The maximum atomic E-state index is 11.9. The van der Waals surface area contributed by atoms with E-state index in [1.165, 1.54) is 32.4 Å². The van der Waals surface area contributed by atoms with E-state index >= 15 is 0 Å². The molecule has 4 heteroatoms. The Morgan fingerprint density at radius 2 is 1.67 bits per heavy atom. The molecule has 0 aliphatic carbocycles. The van der Waals surface area contributed by atoms with Crippen molar-refractivity contribution in [3.8, 4) is 0 Å². The number of carbonyl (C=O) groups is 1. The van der Waals surface area contributed by atoms with Crippen molar-refractivity contribution < 1.29 is 4.79 Å². The first-order valence-corrected chi connectivity index (χ1v) is 7.46. The summed E-state index contributed by atoms with van der Waals surface area (Å²) in [6.45, 7) is 8.39. The van der Waals surface area contributed by atoms with Gasteiger partial charge in [-0.2, -0.15) is 0 Å². The molecule has 0 aromatic rings. The third-order valence-electron chi connectivity index (χ3n) is 4.07. The van der Waals surface area contributed by atoms with E-state index in [1.54, 1.807) is 0 Å². The van der Waals surface area contributed by atoms with E-state index in [1.807, 2.05) is 18.7 Å². The fourth-order valence-electron chi connectivity index (χ4n) is 3.06. The van der Waals surface area contributed by atoms with E-state index in [4.69, 9.17) is 0 Å². The van der Waals surface area contributed by atoms with Crippen LogP contribution < -0.4 is 5.32 Å². The maximum Gasteiger partial charge on any atom is 0.317 e. The molecule has 0 bridgehead atoms. The van der Waals surface area contributed by atoms with Crippen molar-refractivity contribution in [1.29, 1.82) is 0 Å². The number of amides is 2. The van der Waals surface area contributed by atoms with Gasteiger partial charge >= 0.3 is 6.03 Å². The zero-order valence-electron chi connectivity index (χ0n) is 11.8. The van der Waals surface area contributed by atoms with Gasteiger partial charge in [0.1, 0.15) is 0 Å². The minimum Gasteiger partial charge on any atom is -0.336 e. The first-order valence-electron chi connectivity index (χ1n) is 7.46. The first kappa shape index (κ1) is 13.7. The zero-order chi connectivity index (χ0) is 13.0. The Balaban J connectivity index is 1.75. The molecular weight excluding hydrogens is 226 g/mol. The normalized spacial score (nSPS) is 23.4. The van der Waals surface area contributed by atoms with Crippen LogP contribution >= 0.6 is 0 Å².